The summed E-state index contributed by atoms with van der Waals surface area (Å²) in [6, 6.07) is 10.1. The molecule has 2 aromatic rings. The molecular formula is C17H21N3OS. The Hall–Kier alpha value is -1.72. The zero-order valence-corrected chi connectivity index (χ0v) is 13.5. The van der Waals surface area contributed by atoms with Gasteiger partial charge in [-0.25, -0.2) is 4.98 Å². The van der Waals surface area contributed by atoms with Crippen LogP contribution in [0.25, 0.3) is 10.4 Å². The molecule has 1 aromatic heterocycles. The van der Waals surface area contributed by atoms with Crippen LogP contribution in [0, 0.1) is 5.92 Å². The van der Waals surface area contributed by atoms with E-state index in [2.05, 4.69) is 10.3 Å². The molecule has 5 heteroatoms. The van der Waals surface area contributed by atoms with E-state index in [0.717, 1.165) is 36.1 Å². The van der Waals surface area contributed by atoms with Gasteiger partial charge in [0.2, 0.25) is 5.91 Å². The quantitative estimate of drug-likeness (QED) is 0.908. The minimum Gasteiger partial charge on any atom is -0.325 e. The van der Waals surface area contributed by atoms with Gasteiger partial charge in [-0.15, -0.1) is 0 Å². The molecule has 2 atom stereocenters. The molecule has 1 aromatic carbocycles. The van der Waals surface area contributed by atoms with Crippen LogP contribution < -0.4 is 11.1 Å². The van der Waals surface area contributed by atoms with Gasteiger partial charge in [-0.05, 0) is 25.3 Å². The number of benzene rings is 1. The Morgan fingerprint density at radius 3 is 2.86 bits per heavy atom. The summed E-state index contributed by atoms with van der Waals surface area (Å²) >= 11 is 1.49. The molecule has 0 radical (unpaired) electrons. The van der Waals surface area contributed by atoms with E-state index in [1.165, 1.54) is 11.3 Å². The molecule has 1 fully saturated rings. The van der Waals surface area contributed by atoms with Crippen LogP contribution >= 0.6 is 11.3 Å². The fourth-order valence-corrected chi connectivity index (χ4v) is 3.87. The van der Waals surface area contributed by atoms with Crippen molar-refractivity contribution in [2.75, 3.05) is 5.32 Å². The third kappa shape index (κ3) is 3.20. The van der Waals surface area contributed by atoms with Gasteiger partial charge >= 0.3 is 0 Å². The molecule has 0 spiro atoms. The largest absolute Gasteiger partial charge is 0.325 e. The van der Waals surface area contributed by atoms with Crippen LogP contribution in [-0.2, 0) is 4.79 Å². The highest BCUT2D eigenvalue weighted by molar-refractivity contribution is 7.19. The molecule has 3 N–H and O–H groups in total. The van der Waals surface area contributed by atoms with Gasteiger partial charge < -0.3 is 11.1 Å². The molecule has 116 valence electrons. The molecule has 1 heterocycles. The van der Waals surface area contributed by atoms with Crippen LogP contribution in [0.5, 0.6) is 0 Å². The van der Waals surface area contributed by atoms with Gasteiger partial charge in [0.15, 0.2) is 5.13 Å². The normalized spacial score (nSPS) is 24.9. The first-order chi connectivity index (χ1) is 10.6. The number of amides is 1. The summed E-state index contributed by atoms with van der Waals surface area (Å²) in [5.41, 5.74) is 6.99. The zero-order valence-electron chi connectivity index (χ0n) is 12.7. The summed E-state index contributed by atoms with van der Waals surface area (Å²) < 4.78 is 0. The molecule has 1 aliphatic carbocycles. The number of carbonyl (C=O) groups is 1. The van der Waals surface area contributed by atoms with E-state index in [-0.39, 0.29) is 11.8 Å². The summed E-state index contributed by atoms with van der Waals surface area (Å²) in [5, 5.41) is 3.59. The molecule has 0 bridgehead atoms. The van der Waals surface area contributed by atoms with Crippen LogP contribution in [0.3, 0.4) is 0 Å². The Morgan fingerprint density at radius 2 is 2.14 bits per heavy atom. The third-order valence-electron chi connectivity index (χ3n) is 4.36. The van der Waals surface area contributed by atoms with Crippen LogP contribution in [0.1, 0.15) is 32.6 Å². The van der Waals surface area contributed by atoms with E-state index in [1.807, 2.05) is 37.3 Å². The Kier molecular flexibility index (Phi) is 4.27. The average molecular weight is 315 g/mol. The topological polar surface area (TPSA) is 68.0 Å². The Balaban J connectivity index is 1.71. The third-order valence-corrected chi connectivity index (χ3v) is 5.33. The lowest BCUT2D eigenvalue weighted by Gasteiger charge is -2.36. The fourth-order valence-electron chi connectivity index (χ4n) is 3.05. The van der Waals surface area contributed by atoms with Gasteiger partial charge in [0.1, 0.15) is 0 Å². The summed E-state index contributed by atoms with van der Waals surface area (Å²) in [6.07, 6.45) is 5.73. The lowest BCUT2D eigenvalue weighted by atomic mass is 9.74. The average Bonchev–Trinajstić information content (AvgIpc) is 2.96. The predicted molar refractivity (Wildman–Crippen MR) is 90.7 cm³/mol. The second kappa shape index (κ2) is 6.18. The van der Waals surface area contributed by atoms with Crippen molar-refractivity contribution in [3.05, 3.63) is 36.5 Å². The molecule has 2 unspecified atom stereocenters. The molecule has 4 nitrogen and oxygen atoms in total. The lowest BCUT2D eigenvalue weighted by molar-refractivity contribution is -0.122. The molecule has 1 aliphatic rings. The summed E-state index contributed by atoms with van der Waals surface area (Å²) in [4.78, 5) is 17.9. The number of aromatic nitrogens is 1. The number of thiazole rings is 1. The van der Waals surface area contributed by atoms with Crippen molar-refractivity contribution < 1.29 is 4.79 Å². The minimum atomic E-state index is -0.415. The Morgan fingerprint density at radius 1 is 1.36 bits per heavy atom. The van der Waals surface area contributed by atoms with E-state index in [0.29, 0.717) is 5.13 Å². The SMILES string of the molecule is CC1(N)CCCCC1C(=O)Nc1ncc(-c2ccccc2)s1. The molecule has 1 amide bonds. The predicted octanol–water partition coefficient (Wildman–Crippen LogP) is 3.66. The van der Waals surface area contributed by atoms with Crippen molar-refractivity contribution >= 4 is 22.4 Å². The number of hydrogen-bond donors (Lipinski definition) is 2. The highest BCUT2D eigenvalue weighted by atomic mass is 32.1. The zero-order chi connectivity index (χ0) is 15.6. The number of carbonyl (C=O) groups excluding carboxylic acids is 1. The van der Waals surface area contributed by atoms with Crippen LogP contribution in [0.4, 0.5) is 5.13 Å². The van der Waals surface area contributed by atoms with Crippen molar-refractivity contribution in [1.29, 1.82) is 0 Å². The van der Waals surface area contributed by atoms with Crippen molar-refractivity contribution in [2.24, 2.45) is 11.7 Å². The number of nitrogens with zero attached hydrogens (tertiary/aromatic N) is 1. The van der Waals surface area contributed by atoms with Crippen molar-refractivity contribution in [3.8, 4) is 10.4 Å². The molecule has 22 heavy (non-hydrogen) atoms. The maximum atomic E-state index is 12.5. The first-order valence-corrected chi connectivity index (χ1v) is 8.49. The first kappa shape index (κ1) is 15.2. The smallest absolute Gasteiger partial charge is 0.231 e. The van der Waals surface area contributed by atoms with Gasteiger partial charge in [0.25, 0.3) is 0 Å². The summed E-state index contributed by atoms with van der Waals surface area (Å²) in [5.74, 6) is -0.135. The van der Waals surface area contributed by atoms with Crippen LogP contribution in [-0.4, -0.2) is 16.4 Å². The molecular weight excluding hydrogens is 294 g/mol. The molecule has 3 rings (SSSR count). The molecule has 0 aliphatic heterocycles. The van der Waals surface area contributed by atoms with Gasteiger partial charge in [-0.1, -0.05) is 54.5 Å². The maximum absolute atomic E-state index is 12.5. The summed E-state index contributed by atoms with van der Waals surface area (Å²) in [6.45, 7) is 1.98. The van der Waals surface area contributed by atoms with Gasteiger partial charge in [0.05, 0.1) is 10.8 Å². The van der Waals surface area contributed by atoms with E-state index >= 15 is 0 Å². The summed E-state index contributed by atoms with van der Waals surface area (Å²) in [7, 11) is 0. The van der Waals surface area contributed by atoms with Gasteiger partial charge in [-0.2, -0.15) is 0 Å². The lowest BCUT2D eigenvalue weighted by Crippen LogP contribution is -2.51. The monoisotopic (exact) mass is 315 g/mol. The molecule has 1 saturated carbocycles. The van der Waals surface area contributed by atoms with Crippen molar-refractivity contribution in [3.63, 3.8) is 0 Å². The number of nitrogens with one attached hydrogen (secondary N) is 1. The van der Waals surface area contributed by atoms with E-state index in [9.17, 15) is 4.79 Å². The standard InChI is InChI=1S/C17H21N3OS/c1-17(18)10-6-5-9-13(17)15(21)20-16-19-11-14(22-16)12-7-3-2-4-8-12/h2-4,7-8,11,13H,5-6,9-10,18H2,1H3,(H,19,20,21). The highest BCUT2D eigenvalue weighted by Crippen LogP contribution is 2.34. The fraction of sp³-hybridized carbons (Fsp3) is 0.412. The van der Waals surface area contributed by atoms with Crippen molar-refractivity contribution in [2.45, 2.75) is 38.1 Å². The second-order valence-corrected chi connectivity index (χ2v) is 7.22. The first-order valence-electron chi connectivity index (χ1n) is 7.67. The molecule has 0 saturated heterocycles. The van der Waals surface area contributed by atoms with E-state index in [1.54, 1.807) is 6.20 Å². The maximum Gasteiger partial charge on any atom is 0.231 e. The Labute approximate surface area is 134 Å². The van der Waals surface area contributed by atoms with Gasteiger partial charge in [0, 0.05) is 11.7 Å². The number of nitrogens with two attached hydrogens (primary N) is 1. The van der Waals surface area contributed by atoms with Crippen LogP contribution in [0.2, 0.25) is 0 Å². The van der Waals surface area contributed by atoms with E-state index < -0.39 is 5.54 Å². The van der Waals surface area contributed by atoms with Crippen molar-refractivity contribution in [1.82, 2.24) is 4.98 Å². The number of anilines is 1. The second-order valence-electron chi connectivity index (χ2n) is 6.19. The van der Waals surface area contributed by atoms with Gasteiger partial charge in [-0.3, -0.25) is 4.79 Å². The number of rotatable bonds is 3. The van der Waals surface area contributed by atoms with E-state index in [4.69, 9.17) is 5.73 Å². The minimum absolute atomic E-state index is 0.00124. The van der Waals surface area contributed by atoms with Crippen LogP contribution in [0.15, 0.2) is 36.5 Å². The highest BCUT2D eigenvalue weighted by Gasteiger charge is 2.38. The Bertz CT molecular complexity index is 651. The number of hydrogen-bond acceptors (Lipinski definition) is 4.